The van der Waals surface area contributed by atoms with Gasteiger partial charge in [0.25, 0.3) is 0 Å². The Morgan fingerprint density at radius 3 is 2.71 bits per heavy atom. The summed E-state index contributed by atoms with van der Waals surface area (Å²) in [5, 5.41) is 12.9. The number of fused-ring (bicyclic) bond motifs is 5. The SMILES string of the molecule is CCc1cc2c(cc1OCc1ccccc1)CC[C@@H]1[C@@H]2CC[C@]2(C)[C@@H](Cc3nnn(C)n3)CC[C@@H]12. The Morgan fingerprint density at radius 1 is 1.09 bits per heavy atom. The Bertz CT molecular complexity index is 1190. The number of hydrogen-bond donors (Lipinski definition) is 0. The van der Waals surface area contributed by atoms with Crippen molar-refractivity contribution in [2.75, 3.05) is 0 Å². The van der Waals surface area contributed by atoms with Crippen molar-refractivity contribution in [2.45, 2.75) is 77.7 Å². The molecular weight excluding hydrogens is 432 g/mol. The van der Waals surface area contributed by atoms with Crippen molar-refractivity contribution in [1.29, 1.82) is 0 Å². The highest BCUT2D eigenvalue weighted by Crippen LogP contribution is 2.63. The zero-order valence-corrected chi connectivity index (χ0v) is 21.4. The molecule has 0 spiro atoms. The average molecular weight is 471 g/mol. The highest BCUT2D eigenvalue weighted by atomic mass is 16.5. The molecule has 0 unspecified atom stereocenters. The molecule has 0 N–H and O–H groups in total. The summed E-state index contributed by atoms with van der Waals surface area (Å²) in [5.41, 5.74) is 6.17. The Hall–Kier alpha value is -2.69. The molecule has 6 rings (SSSR count). The van der Waals surface area contributed by atoms with Crippen LogP contribution in [0.4, 0.5) is 0 Å². The number of rotatable bonds is 6. The molecule has 1 heterocycles. The molecule has 5 nitrogen and oxygen atoms in total. The molecule has 0 saturated heterocycles. The molecule has 35 heavy (non-hydrogen) atoms. The van der Waals surface area contributed by atoms with E-state index in [2.05, 4.69) is 71.7 Å². The first-order chi connectivity index (χ1) is 17.0. The summed E-state index contributed by atoms with van der Waals surface area (Å²) < 4.78 is 6.36. The van der Waals surface area contributed by atoms with Gasteiger partial charge in [-0.1, -0.05) is 50.2 Å². The third kappa shape index (κ3) is 4.07. The van der Waals surface area contributed by atoms with E-state index in [1.54, 1.807) is 10.4 Å². The minimum atomic E-state index is 0.407. The molecular formula is C30H38N4O. The van der Waals surface area contributed by atoms with Crippen LogP contribution in [-0.4, -0.2) is 20.2 Å². The average Bonchev–Trinajstić information content (AvgIpc) is 3.45. The summed E-state index contributed by atoms with van der Waals surface area (Å²) in [6.45, 7) is 5.48. The van der Waals surface area contributed by atoms with Gasteiger partial charge in [-0.15, -0.1) is 10.2 Å². The Labute approximate surface area is 209 Å². The van der Waals surface area contributed by atoms with Crippen molar-refractivity contribution >= 4 is 0 Å². The molecule has 1 aromatic heterocycles. The molecule has 0 amide bonds. The minimum Gasteiger partial charge on any atom is -0.489 e. The van der Waals surface area contributed by atoms with E-state index < -0.39 is 0 Å². The van der Waals surface area contributed by atoms with Crippen LogP contribution < -0.4 is 4.74 Å². The van der Waals surface area contributed by atoms with Crippen LogP contribution in [-0.2, 0) is 32.9 Å². The van der Waals surface area contributed by atoms with E-state index in [4.69, 9.17) is 4.74 Å². The van der Waals surface area contributed by atoms with Gasteiger partial charge in [0.1, 0.15) is 12.4 Å². The molecule has 3 aromatic rings. The number of nitrogens with zero attached hydrogens (tertiary/aromatic N) is 4. The third-order valence-corrected chi connectivity index (χ3v) is 9.70. The predicted molar refractivity (Wildman–Crippen MR) is 137 cm³/mol. The van der Waals surface area contributed by atoms with E-state index in [-0.39, 0.29) is 0 Å². The Kier molecular flexibility index (Phi) is 5.90. The Morgan fingerprint density at radius 2 is 1.94 bits per heavy atom. The summed E-state index contributed by atoms with van der Waals surface area (Å²) in [6, 6.07) is 15.4. The highest BCUT2D eigenvalue weighted by Gasteiger charge is 2.54. The van der Waals surface area contributed by atoms with Crippen molar-refractivity contribution in [3.05, 3.63) is 70.5 Å². The fraction of sp³-hybridized carbons (Fsp3) is 0.567. The monoisotopic (exact) mass is 470 g/mol. The van der Waals surface area contributed by atoms with E-state index in [9.17, 15) is 0 Å². The van der Waals surface area contributed by atoms with E-state index in [0.29, 0.717) is 23.9 Å². The fourth-order valence-electron chi connectivity index (χ4n) is 7.86. The number of tetrazole rings is 1. The van der Waals surface area contributed by atoms with Gasteiger partial charge in [-0.2, -0.15) is 4.80 Å². The van der Waals surface area contributed by atoms with Gasteiger partial charge < -0.3 is 4.74 Å². The quantitative estimate of drug-likeness (QED) is 0.439. The first-order valence-corrected chi connectivity index (χ1v) is 13.6. The topological polar surface area (TPSA) is 52.8 Å². The standard InChI is InChI=1S/C30H38N4O/c1-4-21-16-26-22(17-28(21)35-19-20-8-6-5-7-9-20)10-12-25-24(26)14-15-30(2)23(11-13-27(25)30)18-29-31-33-34(3)32-29/h5-9,16-17,23-25,27H,4,10-15,18-19H2,1-3H3/t23-,24+,25-,27+,30-/m1/s1. The summed E-state index contributed by atoms with van der Waals surface area (Å²) in [5.74, 6) is 5.02. The van der Waals surface area contributed by atoms with E-state index in [1.165, 1.54) is 55.2 Å². The maximum absolute atomic E-state index is 6.36. The van der Waals surface area contributed by atoms with Crippen LogP contribution in [0.3, 0.4) is 0 Å². The van der Waals surface area contributed by atoms with Crippen LogP contribution in [0, 0.1) is 23.2 Å². The number of hydrogen-bond acceptors (Lipinski definition) is 4. The molecule has 0 radical (unpaired) electrons. The molecule has 0 aliphatic heterocycles. The smallest absolute Gasteiger partial charge is 0.175 e. The van der Waals surface area contributed by atoms with E-state index in [1.807, 2.05) is 7.05 Å². The normalized spacial score (nSPS) is 29.3. The van der Waals surface area contributed by atoms with Gasteiger partial charge >= 0.3 is 0 Å². The lowest BCUT2D eigenvalue weighted by Crippen LogP contribution is -2.42. The first-order valence-electron chi connectivity index (χ1n) is 13.6. The molecule has 2 aromatic carbocycles. The van der Waals surface area contributed by atoms with Crippen LogP contribution >= 0.6 is 0 Å². The summed E-state index contributed by atoms with van der Waals surface area (Å²) >= 11 is 0. The van der Waals surface area contributed by atoms with Gasteiger partial charge in [0.05, 0.1) is 7.05 Å². The Balaban J connectivity index is 1.22. The summed E-state index contributed by atoms with van der Waals surface area (Å²) in [6.07, 6.45) is 9.79. The molecule has 184 valence electrons. The predicted octanol–water partition coefficient (Wildman–Crippen LogP) is 6.07. The van der Waals surface area contributed by atoms with Crippen LogP contribution in [0.25, 0.3) is 0 Å². The van der Waals surface area contributed by atoms with Gasteiger partial charge in [-0.25, -0.2) is 0 Å². The fourth-order valence-corrected chi connectivity index (χ4v) is 7.86. The van der Waals surface area contributed by atoms with Gasteiger partial charge in [0.2, 0.25) is 0 Å². The molecule has 2 fully saturated rings. The molecule has 3 aliphatic carbocycles. The van der Waals surface area contributed by atoms with Crippen LogP contribution in [0.15, 0.2) is 42.5 Å². The first kappa shape index (κ1) is 22.8. The van der Waals surface area contributed by atoms with Crippen LogP contribution in [0.5, 0.6) is 5.75 Å². The molecule has 3 aliphatic rings. The molecule has 5 heteroatoms. The van der Waals surface area contributed by atoms with E-state index >= 15 is 0 Å². The summed E-state index contributed by atoms with van der Waals surface area (Å²) in [7, 11) is 1.86. The van der Waals surface area contributed by atoms with Crippen molar-refractivity contribution in [3.8, 4) is 5.75 Å². The lowest BCUT2D eigenvalue weighted by atomic mass is 9.54. The van der Waals surface area contributed by atoms with E-state index in [0.717, 1.165) is 36.3 Å². The van der Waals surface area contributed by atoms with Gasteiger partial charge in [-0.3, -0.25) is 0 Å². The van der Waals surface area contributed by atoms with Crippen molar-refractivity contribution in [2.24, 2.45) is 30.2 Å². The molecule has 5 atom stereocenters. The maximum Gasteiger partial charge on any atom is 0.175 e. The second-order valence-corrected chi connectivity index (χ2v) is 11.4. The second-order valence-electron chi connectivity index (χ2n) is 11.4. The summed E-state index contributed by atoms with van der Waals surface area (Å²) in [4.78, 5) is 1.60. The number of benzene rings is 2. The molecule has 2 saturated carbocycles. The van der Waals surface area contributed by atoms with Crippen molar-refractivity contribution in [1.82, 2.24) is 20.2 Å². The third-order valence-electron chi connectivity index (χ3n) is 9.70. The number of ether oxygens (including phenoxy) is 1. The van der Waals surface area contributed by atoms with Crippen molar-refractivity contribution < 1.29 is 4.74 Å². The maximum atomic E-state index is 6.36. The van der Waals surface area contributed by atoms with Gasteiger partial charge in [0.15, 0.2) is 5.82 Å². The molecule has 0 bridgehead atoms. The van der Waals surface area contributed by atoms with Crippen molar-refractivity contribution in [3.63, 3.8) is 0 Å². The van der Waals surface area contributed by atoms with Gasteiger partial charge in [0, 0.05) is 6.42 Å². The lowest BCUT2D eigenvalue weighted by molar-refractivity contribution is 0.0279. The largest absolute Gasteiger partial charge is 0.489 e. The van der Waals surface area contributed by atoms with Crippen LogP contribution in [0.2, 0.25) is 0 Å². The minimum absolute atomic E-state index is 0.407. The second kappa shape index (κ2) is 9.07. The van der Waals surface area contributed by atoms with Crippen LogP contribution in [0.1, 0.15) is 79.9 Å². The van der Waals surface area contributed by atoms with Gasteiger partial charge in [-0.05, 0) is 108 Å². The lowest BCUT2D eigenvalue weighted by Gasteiger charge is -2.51. The number of aromatic nitrogens is 4. The highest BCUT2D eigenvalue weighted by molar-refractivity contribution is 5.46. The zero-order valence-electron chi connectivity index (χ0n) is 21.4. The number of aryl methyl sites for hydroxylation is 3. The zero-order chi connectivity index (χ0) is 24.0.